The first kappa shape index (κ1) is 11.6. The van der Waals surface area contributed by atoms with Crippen molar-refractivity contribution in [3.63, 3.8) is 0 Å². The van der Waals surface area contributed by atoms with E-state index in [9.17, 15) is 0 Å². The van der Waals surface area contributed by atoms with Crippen LogP contribution in [0, 0.1) is 0 Å². The van der Waals surface area contributed by atoms with E-state index in [1.54, 1.807) is 22.7 Å². The average molecular weight is 276 g/mol. The molecule has 4 nitrogen and oxygen atoms in total. The largest absolute Gasteiger partial charge is 0.360 e. The molecule has 0 bridgehead atoms. The van der Waals surface area contributed by atoms with Gasteiger partial charge in [-0.2, -0.15) is 0 Å². The highest BCUT2D eigenvalue weighted by molar-refractivity contribution is 7.19. The number of fused-ring (bicyclic) bond motifs is 1. The molecule has 0 radical (unpaired) electrons. The molecular formula is C12H12N4S2. The van der Waals surface area contributed by atoms with Crippen LogP contribution in [0.4, 0.5) is 5.13 Å². The molecule has 0 saturated heterocycles. The van der Waals surface area contributed by atoms with Crippen LogP contribution in [0.1, 0.15) is 16.9 Å². The fraction of sp³-hybridized carbons (Fsp3) is 0.250. The normalized spacial score (nSPS) is 10.9. The van der Waals surface area contributed by atoms with E-state index in [1.807, 2.05) is 18.2 Å². The number of nitrogens with one attached hydrogen (secondary N) is 1. The number of para-hydroxylation sites is 1. The Balaban J connectivity index is 1.82. The highest BCUT2D eigenvalue weighted by atomic mass is 32.1. The van der Waals surface area contributed by atoms with Crippen LogP contribution in [0.15, 0.2) is 24.3 Å². The van der Waals surface area contributed by atoms with Gasteiger partial charge in [-0.3, -0.25) is 0 Å². The zero-order valence-electron chi connectivity index (χ0n) is 9.88. The van der Waals surface area contributed by atoms with Gasteiger partial charge in [0.2, 0.25) is 5.13 Å². The minimum absolute atomic E-state index is 0.766. The smallest absolute Gasteiger partial charge is 0.205 e. The molecule has 0 aliphatic carbocycles. The quantitative estimate of drug-likeness (QED) is 0.795. The van der Waals surface area contributed by atoms with E-state index in [1.165, 1.54) is 4.70 Å². The molecule has 1 aromatic carbocycles. The van der Waals surface area contributed by atoms with Crippen LogP contribution in [0.5, 0.6) is 0 Å². The molecule has 0 unspecified atom stereocenters. The van der Waals surface area contributed by atoms with Gasteiger partial charge in [-0.25, -0.2) is 4.98 Å². The van der Waals surface area contributed by atoms with E-state index in [0.717, 1.165) is 33.6 Å². The first-order valence-electron chi connectivity index (χ1n) is 5.76. The lowest BCUT2D eigenvalue weighted by Crippen LogP contribution is -1.94. The molecule has 0 aliphatic rings. The van der Waals surface area contributed by atoms with Crippen molar-refractivity contribution < 1.29 is 0 Å². The summed E-state index contributed by atoms with van der Waals surface area (Å²) < 4.78 is 1.23. The van der Waals surface area contributed by atoms with Crippen LogP contribution < -0.4 is 5.32 Å². The number of thiazole rings is 1. The molecule has 0 fully saturated rings. The van der Waals surface area contributed by atoms with Crippen molar-refractivity contribution >= 4 is 38.0 Å². The summed E-state index contributed by atoms with van der Waals surface area (Å²) in [6.45, 7) is 2.92. The van der Waals surface area contributed by atoms with Crippen molar-refractivity contribution in [1.82, 2.24) is 15.2 Å². The third kappa shape index (κ3) is 2.34. The molecule has 3 aromatic rings. The fourth-order valence-corrected chi connectivity index (χ4v) is 3.55. The minimum atomic E-state index is 0.766. The highest BCUT2D eigenvalue weighted by Crippen LogP contribution is 2.25. The summed E-state index contributed by atoms with van der Waals surface area (Å²) in [6, 6.07) is 8.19. The third-order valence-electron chi connectivity index (χ3n) is 2.44. The molecule has 0 spiro atoms. The van der Waals surface area contributed by atoms with Crippen molar-refractivity contribution in [3.8, 4) is 0 Å². The topological polar surface area (TPSA) is 50.7 Å². The molecule has 92 valence electrons. The lowest BCUT2D eigenvalue weighted by atomic mass is 10.3. The second-order valence-corrected chi connectivity index (χ2v) is 5.96. The van der Waals surface area contributed by atoms with Crippen LogP contribution in [0.25, 0.3) is 10.2 Å². The highest BCUT2D eigenvalue weighted by Gasteiger charge is 2.08. The second-order valence-electron chi connectivity index (χ2n) is 3.78. The molecule has 0 aliphatic heterocycles. The zero-order valence-corrected chi connectivity index (χ0v) is 11.5. The Bertz CT molecular complexity index is 626. The monoisotopic (exact) mass is 276 g/mol. The molecule has 6 heteroatoms. The van der Waals surface area contributed by atoms with Crippen molar-refractivity contribution in [3.05, 3.63) is 34.3 Å². The molecule has 3 rings (SSSR count). The van der Waals surface area contributed by atoms with Crippen LogP contribution in [0.2, 0.25) is 0 Å². The van der Waals surface area contributed by atoms with Crippen LogP contribution in [-0.4, -0.2) is 21.7 Å². The molecular weight excluding hydrogens is 264 g/mol. The maximum Gasteiger partial charge on any atom is 0.205 e. The van der Waals surface area contributed by atoms with Crippen LogP contribution in [-0.2, 0) is 6.42 Å². The Morgan fingerprint density at radius 1 is 1.11 bits per heavy atom. The van der Waals surface area contributed by atoms with Crippen molar-refractivity contribution in [2.24, 2.45) is 0 Å². The van der Waals surface area contributed by atoms with E-state index >= 15 is 0 Å². The van der Waals surface area contributed by atoms with Gasteiger partial charge in [0.05, 0.1) is 16.6 Å². The number of nitrogens with zero attached hydrogens (tertiary/aromatic N) is 3. The Hall–Kier alpha value is -1.53. The van der Waals surface area contributed by atoms with E-state index in [4.69, 9.17) is 0 Å². The summed E-state index contributed by atoms with van der Waals surface area (Å²) in [6.07, 6.45) is 0.766. The average Bonchev–Trinajstić information content (AvgIpc) is 2.96. The Labute approximate surface area is 113 Å². The maximum atomic E-state index is 4.60. The second kappa shape index (κ2) is 4.99. The van der Waals surface area contributed by atoms with Crippen molar-refractivity contribution in [2.45, 2.75) is 13.3 Å². The molecule has 0 amide bonds. The van der Waals surface area contributed by atoms with Gasteiger partial charge >= 0.3 is 0 Å². The van der Waals surface area contributed by atoms with E-state index in [2.05, 4.69) is 33.5 Å². The van der Waals surface area contributed by atoms with E-state index < -0.39 is 0 Å². The van der Waals surface area contributed by atoms with Crippen molar-refractivity contribution in [1.29, 1.82) is 0 Å². The Kier molecular flexibility index (Phi) is 3.21. The molecule has 18 heavy (non-hydrogen) atoms. The molecule has 2 heterocycles. The Morgan fingerprint density at radius 3 is 2.83 bits per heavy atom. The SMILES string of the molecule is CCNc1nnc(Cc2nc3ccccc3s2)s1. The van der Waals surface area contributed by atoms with Gasteiger partial charge in [0, 0.05) is 6.54 Å². The first-order chi connectivity index (χ1) is 8.85. The third-order valence-corrected chi connectivity index (χ3v) is 4.35. The van der Waals surface area contributed by atoms with Gasteiger partial charge in [-0.15, -0.1) is 21.5 Å². The number of hydrogen-bond donors (Lipinski definition) is 1. The predicted octanol–water partition coefficient (Wildman–Crippen LogP) is 3.17. The summed E-state index contributed by atoms with van der Waals surface area (Å²) >= 11 is 3.32. The number of aromatic nitrogens is 3. The number of benzene rings is 1. The van der Waals surface area contributed by atoms with Crippen molar-refractivity contribution in [2.75, 3.05) is 11.9 Å². The summed E-state index contributed by atoms with van der Waals surface area (Å²) in [4.78, 5) is 4.60. The summed E-state index contributed by atoms with van der Waals surface area (Å²) in [5.41, 5.74) is 1.06. The summed E-state index contributed by atoms with van der Waals surface area (Å²) in [5, 5.41) is 14.4. The predicted molar refractivity (Wildman–Crippen MR) is 76.5 cm³/mol. The standard InChI is InChI=1S/C12H12N4S2/c1-2-13-12-16-15-11(18-12)7-10-14-8-5-3-4-6-9(8)17-10/h3-6H,2,7H2,1H3,(H,13,16). The van der Waals surface area contributed by atoms with Gasteiger partial charge < -0.3 is 5.32 Å². The van der Waals surface area contributed by atoms with Gasteiger partial charge in [0.1, 0.15) is 10.0 Å². The molecule has 0 saturated carbocycles. The maximum absolute atomic E-state index is 4.60. The van der Waals surface area contributed by atoms with Crippen LogP contribution >= 0.6 is 22.7 Å². The lowest BCUT2D eigenvalue weighted by molar-refractivity contribution is 0.991. The summed E-state index contributed by atoms with van der Waals surface area (Å²) in [5.74, 6) is 0. The number of hydrogen-bond acceptors (Lipinski definition) is 6. The molecule has 0 atom stereocenters. The van der Waals surface area contributed by atoms with Gasteiger partial charge in [0.25, 0.3) is 0 Å². The van der Waals surface area contributed by atoms with E-state index in [0.29, 0.717) is 0 Å². The number of rotatable bonds is 4. The van der Waals surface area contributed by atoms with Gasteiger partial charge in [0.15, 0.2) is 0 Å². The fourth-order valence-electron chi connectivity index (χ4n) is 1.67. The van der Waals surface area contributed by atoms with E-state index in [-0.39, 0.29) is 0 Å². The Morgan fingerprint density at radius 2 is 2.00 bits per heavy atom. The molecule has 1 N–H and O–H groups in total. The van der Waals surface area contributed by atoms with Gasteiger partial charge in [-0.05, 0) is 19.1 Å². The zero-order chi connectivity index (χ0) is 12.4. The number of anilines is 1. The summed E-state index contributed by atoms with van der Waals surface area (Å²) in [7, 11) is 0. The van der Waals surface area contributed by atoms with Gasteiger partial charge in [-0.1, -0.05) is 23.5 Å². The first-order valence-corrected chi connectivity index (χ1v) is 7.39. The molecule has 2 aromatic heterocycles. The minimum Gasteiger partial charge on any atom is -0.360 e. The lowest BCUT2D eigenvalue weighted by Gasteiger charge is -1.91. The van der Waals surface area contributed by atoms with Crippen LogP contribution in [0.3, 0.4) is 0 Å².